The molecule has 3 aliphatic rings. The first-order valence-corrected chi connectivity index (χ1v) is 13.1. The molecule has 0 aromatic carbocycles. The summed E-state index contributed by atoms with van der Waals surface area (Å²) in [7, 11) is 1.59. The molecule has 2 aliphatic heterocycles. The molecular formula is C26H30FN7O5. The zero-order valence-electron chi connectivity index (χ0n) is 21.7. The fraction of sp³-hybridized carbons (Fsp3) is 0.500. The second kappa shape index (κ2) is 10.6. The van der Waals surface area contributed by atoms with Gasteiger partial charge in [0.25, 0.3) is 0 Å². The normalized spacial score (nSPS) is 19.7. The number of nitrogens with zero attached hydrogens (tertiary/aromatic N) is 7. The smallest absolute Gasteiger partial charge is 0.410 e. The van der Waals surface area contributed by atoms with Crippen molar-refractivity contribution < 1.29 is 28.2 Å². The van der Waals surface area contributed by atoms with Crippen molar-refractivity contribution in [3.8, 4) is 17.0 Å². The SMILES string of the molecule is COCCN1C[C@@H](OC(=O)N2CCN(c3ccn4ncc(-c5cc(F)cnc5OC5CC5)c4n3)CC2)CC1=O. The van der Waals surface area contributed by atoms with Crippen molar-refractivity contribution in [3.05, 3.63) is 36.5 Å². The standard InChI is InChI=1S/C26H30FN7O5/c1-37-11-10-33-16-19(13-23(33)35)39-26(36)32-8-6-31(7-9-32)22-4-5-34-24(30-22)21(15-29-34)20-12-17(27)14-28-25(20)38-18-2-3-18/h4-5,12,14-15,18-19H,2-3,6-11,13,16H2,1H3/t19-/m0/s1. The van der Waals surface area contributed by atoms with Crippen LogP contribution in [0, 0.1) is 5.82 Å². The van der Waals surface area contributed by atoms with Gasteiger partial charge in [0.2, 0.25) is 11.8 Å². The number of rotatable bonds is 8. The lowest BCUT2D eigenvalue weighted by atomic mass is 10.1. The molecule has 6 rings (SSSR count). The third-order valence-electron chi connectivity index (χ3n) is 7.14. The Labute approximate surface area is 224 Å². The number of likely N-dealkylation sites (tertiary alicyclic amines) is 1. The lowest BCUT2D eigenvalue weighted by Gasteiger charge is -2.35. The van der Waals surface area contributed by atoms with E-state index in [0.717, 1.165) is 24.9 Å². The predicted octanol–water partition coefficient (Wildman–Crippen LogP) is 1.98. The summed E-state index contributed by atoms with van der Waals surface area (Å²) in [6, 6.07) is 3.26. The van der Waals surface area contributed by atoms with Crippen molar-refractivity contribution >= 4 is 23.5 Å². The van der Waals surface area contributed by atoms with Crippen molar-refractivity contribution in [2.75, 3.05) is 57.9 Å². The maximum Gasteiger partial charge on any atom is 0.410 e. The van der Waals surface area contributed by atoms with Gasteiger partial charge >= 0.3 is 6.09 Å². The van der Waals surface area contributed by atoms with Crippen LogP contribution in [0.25, 0.3) is 16.8 Å². The summed E-state index contributed by atoms with van der Waals surface area (Å²) < 4.78 is 32.4. The molecule has 12 nitrogen and oxygen atoms in total. The molecule has 0 unspecified atom stereocenters. The van der Waals surface area contributed by atoms with Gasteiger partial charge < -0.3 is 28.9 Å². The van der Waals surface area contributed by atoms with Crippen LogP contribution in [0.5, 0.6) is 5.88 Å². The molecule has 0 bridgehead atoms. The molecule has 206 valence electrons. The van der Waals surface area contributed by atoms with Gasteiger partial charge in [0.05, 0.1) is 43.1 Å². The monoisotopic (exact) mass is 539 g/mol. The highest BCUT2D eigenvalue weighted by Gasteiger charge is 2.34. The average Bonchev–Trinajstić information content (AvgIpc) is 3.56. The molecule has 1 saturated carbocycles. The van der Waals surface area contributed by atoms with Crippen LogP contribution in [-0.4, -0.2) is 107 Å². The van der Waals surface area contributed by atoms with Crippen LogP contribution in [-0.2, 0) is 14.3 Å². The summed E-state index contributed by atoms with van der Waals surface area (Å²) in [4.78, 5) is 39.3. The number of aromatic nitrogens is 4. The summed E-state index contributed by atoms with van der Waals surface area (Å²) >= 11 is 0. The number of fused-ring (bicyclic) bond motifs is 1. The van der Waals surface area contributed by atoms with Gasteiger partial charge in [0.1, 0.15) is 23.8 Å². The van der Waals surface area contributed by atoms with Crippen molar-refractivity contribution in [1.82, 2.24) is 29.4 Å². The molecule has 1 aliphatic carbocycles. The van der Waals surface area contributed by atoms with E-state index >= 15 is 0 Å². The van der Waals surface area contributed by atoms with Crippen LogP contribution < -0.4 is 9.64 Å². The number of amides is 2. The van der Waals surface area contributed by atoms with E-state index in [1.807, 2.05) is 12.3 Å². The Balaban J connectivity index is 1.11. The van der Waals surface area contributed by atoms with E-state index in [1.54, 1.807) is 27.6 Å². The second-order valence-corrected chi connectivity index (χ2v) is 9.95. The maximum atomic E-state index is 14.1. The van der Waals surface area contributed by atoms with E-state index in [9.17, 15) is 14.0 Å². The first kappa shape index (κ1) is 25.3. The predicted molar refractivity (Wildman–Crippen MR) is 137 cm³/mol. The summed E-state index contributed by atoms with van der Waals surface area (Å²) in [6.07, 6.45) is 5.96. The summed E-state index contributed by atoms with van der Waals surface area (Å²) in [5.74, 6) is 0.604. The lowest BCUT2D eigenvalue weighted by Crippen LogP contribution is -2.49. The first-order valence-electron chi connectivity index (χ1n) is 13.1. The van der Waals surface area contributed by atoms with Gasteiger partial charge in [-0.3, -0.25) is 4.79 Å². The molecule has 3 aromatic rings. The molecular weight excluding hydrogens is 509 g/mol. The van der Waals surface area contributed by atoms with Crippen molar-refractivity contribution in [2.45, 2.75) is 31.5 Å². The van der Waals surface area contributed by atoms with Crippen LogP contribution in [0.2, 0.25) is 0 Å². The Bertz CT molecular complexity index is 1370. The highest BCUT2D eigenvalue weighted by molar-refractivity contribution is 5.81. The van der Waals surface area contributed by atoms with E-state index in [0.29, 0.717) is 68.5 Å². The van der Waals surface area contributed by atoms with Gasteiger partial charge in [-0.25, -0.2) is 23.7 Å². The molecule has 0 spiro atoms. The number of anilines is 1. The van der Waals surface area contributed by atoms with E-state index in [4.69, 9.17) is 19.2 Å². The largest absolute Gasteiger partial charge is 0.474 e. The number of hydrogen-bond donors (Lipinski definition) is 0. The minimum absolute atomic E-state index is 0.0318. The van der Waals surface area contributed by atoms with Crippen LogP contribution >= 0.6 is 0 Å². The Hall–Kier alpha value is -4.00. The number of carbonyl (C=O) groups is 2. The number of halogens is 1. The molecule has 13 heteroatoms. The van der Waals surface area contributed by atoms with Crippen LogP contribution in [0.15, 0.2) is 30.7 Å². The molecule has 1 atom stereocenters. The minimum atomic E-state index is -0.462. The average molecular weight is 540 g/mol. The fourth-order valence-corrected chi connectivity index (χ4v) is 4.85. The lowest BCUT2D eigenvalue weighted by molar-refractivity contribution is -0.128. The van der Waals surface area contributed by atoms with E-state index < -0.39 is 18.0 Å². The van der Waals surface area contributed by atoms with Crippen LogP contribution in [0.4, 0.5) is 15.0 Å². The maximum absolute atomic E-state index is 14.1. The summed E-state index contributed by atoms with van der Waals surface area (Å²) in [6.45, 7) is 3.36. The molecule has 39 heavy (non-hydrogen) atoms. The van der Waals surface area contributed by atoms with E-state index in [1.165, 1.54) is 6.07 Å². The number of ether oxygens (including phenoxy) is 3. The minimum Gasteiger partial charge on any atom is -0.474 e. The van der Waals surface area contributed by atoms with Crippen molar-refractivity contribution in [2.24, 2.45) is 0 Å². The third-order valence-corrected chi connectivity index (χ3v) is 7.14. The van der Waals surface area contributed by atoms with Gasteiger partial charge in [-0.15, -0.1) is 0 Å². The molecule has 2 amide bonds. The van der Waals surface area contributed by atoms with Crippen molar-refractivity contribution in [1.29, 1.82) is 0 Å². The zero-order chi connectivity index (χ0) is 26.9. The quantitative estimate of drug-likeness (QED) is 0.424. The fourth-order valence-electron chi connectivity index (χ4n) is 4.85. The number of pyridine rings is 1. The molecule has 3 aromatic heterocycles. The number of hydrogen-bond acceptors (Lipinski definition) is 9. The highest BCUT2D eigenvalue weighted by Crippen LogP contribution is 2.35. The highest BCUT2D eigenvalue weighted by atomic mass is 19.1. The number of piperazine rings is 1. The molecule has 3 fully saturated rings. The van der Waals surface area contributed by atoms with Gasteiger partial charge in [0.15, 0.2) is 5.65 Å². The Kier molecular flexibility index (Phi) is 6.90. The van der Waals surface area contributed by atoms with Gasteiger partial charge in [-0.1, -0.05) is 0 Å². The van der Waals surface area contributed by atoms with Crippen LogP contribution in [0.1, 0.15) is 19.3 Å². The van der Waals surface area contributed by atoms with Crippen LogP contribution in [0.3, 0.4) is 0 Å². The number of carbonyl (C=O) groups excluding carboxylic acids is 2. The number of methoxy groups -OCH3 is 1. The zero-order valence-corrected chi connectivity index (χ0v) is 21.7. The third kappa shape index (κ3) is 5.44. The van der Waals surface area contributed by atoms with E-state index in [2.05, 4.69) is 15.0 Å². The van der Waals surface area contributed by atoms with Gasteiger partial charge in [-0.05, 0) is 25.0 Å². The molecule has 2 saturated heterocycles. The summed E-state index contributed by atoms with van der Waals surface area (Å²) in [5.41, 5.74) is 1.71. The molecule has 0 radical (unpaired) electrons. The Morgan fingerprint density at radius 1 is 1.13 bits per heavy atom. The second-order valence-electron chi connectivity index (χ2n) is 9.95. The van der Waals surface area contributed by atoms with Gasteiger partial charge in [-0.2, -0.15) is 5.10 Å². The topological polar surface area (TPSA) is 115 Å². The Morgan fingerprint density at radius 2 is 1.95 bits per heavy atom. The summed E-state index contributed by atoms with van der Waals surface area (Å²) in [5, 5.41) is 4.38. The van der Waals surface area contributed by atoms with Gasteiger partial charge in [0, 0.05) is 46.0 Å². The van der Waals surface area contributed by atoms with Crippen molar-refractivity contribution in [3.63, 3.8) is 0 Å². The Morgan fingerprint density at radius 3 is 2.72 bits per heavy atom. The molecule has 0 N–H and O–H groups in total. The first-order chi connectivity index (χ1) is 19.0. The van der Waals surface area contributed by atoms with E-state index in [-0.39, 0.29) is 18.4 Å². The molecule has 5 heterocycles.